The van der Waals surface area contributed by atoms with Gasteiger partial charge in [0.1, 0.15) is 11.9 Å². The third kappa shape index (κ3) is 3.79. The molecule has 2 aromatic carbocycles. The Hall–Kier alpha value is -3.55. The summed E-state index contributed by atoms with van der Waals surface area (Å²) in [5, 5.41) is 19.6. The lowest BCUT2D eigenvalue weighted by Crippen LogP contribution is -2.49. The predicted molar refractivity (Wildman–Crippen MR) is 136 cm³/mol. The Bertz CT molecular complexity index is 1580. The molecule has 3 heterocycles. The molecule has 1 saturated carbocycles. The van der Waals surface area contributed by atoms with Gasteiger partial charge in [0.2, 0.25) is 16.0 Å². The largest absolute Gasteiger partial charge is 0.339 e. The summed E-state index contributed by atoms with van der Waals surface area (Å²) in [4.78, 5) is 7.22. The molecule has 2 fully saturated rings. The summed E-state index contributed by atoms with van der Waals surface area (Å²) < 4.78 is 30.2. The standard InChI is InChI=1S/C26H27N7O2S/c27-18-20-10-4-7-13-23(20)36(34,35)32-16-14-31(15-17-32)26-28-22-12-6-5-11-21(22)25-30-29-24(33(25)26)19-8-2-1-3-9-19/h4-7,10-13,19H,1-3,8-9,14-17H2. The van der Waals surface area contributed by atoms with Crippen LogP contribution in [0.1, 0.15) is 49.4 Å². The van der Waals surface area contributed by atoms with Crippen LogP contribution in [0.15, 0.2) is 53.4 Å². The molecule has 0 radical (unpaired) electrons. The molecule has 4 aromatic rings. The van der Waals surface area contributed by atoms with Gasteiger partial charge in [0.15, 0.2) is 5.65 Å². The molecule has 1 aliphatic heterocycles. The average Bonchev–Trinajstić information content (AvgIpc) is 3.39. The zero-order valence-corrected chi connectivity index (χ0v) is 20.7. The first-order valence-corrected chi connectivity index (χ1v) is 13.9. The highest BCUT2D eigenvalue weighted by Crippen LogP contribution is 2.35. The molecule has 36 heavy (non-hydrogen) atoms. The van der Waals surface area contributed by atoms with Crippen molar-refractivity contribution in [2.75, 3.05) is 31.1 Å². The number of piperazine rings is 1. The summed E-state index contributed by atoms with van der Waals surface area (Å²) in [6.45, 7) is 1.57. The number of fused-ring (bicyclic) bond motifs is 3. The van der Waals surface area contributed by atoms with Crippen molar-refractivity contribution in [3.63, 3.8) is 0 Å². The topological polar surface area (TPSA) is 107 Å². The van der Waals surface area contributed by atoms with E-state index in [1.54, 1.807) is 12.1 Å². The Morgan fingerprint density at radius 3 is 2.39 bits per heavy atom. The van der Waals surface area contributed by atoms with Crippen molar-refractivity contribution in [3.8, 4) is 6.07 Å². The number of aromatic nitrogens is 4. The smallest absolute Gasteiger partial charge is 0.244 e. The summed E-state index contributed by atoms with van der Waals surface area (Å²) in [6, 6.07) is 16.3. The number of nitrogens with zero attached hydrogens (tertiary/aromatic N) is 7. The van der Waals surface area contributed by atoms with E-state index < -0.39 is 10.0 Å². The Morgan fingerprint density at radius 2 is 1.61 bits per heavy atom. The zero-order chi connectivity index (χ0) is 24.7. The molecule has 2 aromatic heterocycles. The summed E-state index contributed by atoms with van der Waals surface area (Å²) in [5.74, 6) is 2.07. The fourth-order valence-electron chi connectivity index (χ4n) is 5.47. The number of sulfonamides is 1. The van der Waals surface area contributed by atoms with E-state index >= 15 is 0 Å². The normalized spacial score (nSPS) is 18.0. The monoisotopic (exact) mass is 501 g/mol. The summed E-state index contributed by atoms with van der Waals surface area (Å²) >= 11 is 0. The van der Waals surface area contributed by atoms with E-state index in [0.717, 1.165) is 41.2 Å². The lowest BCUT2D eigenvalue weighted by Gasteiger charge is -2.35. The highest BCUT2D eigenvalue weighted by atomic mass is 32.2. The van der Waals surface area contributed by atoms with E-state index in [4.69, 9.17) is 4.98 Å². The van der Waals surface area contributed by atoms with Gasteiger partial charge < -0.3 is 4.90 Å². The molecular weight excluding hydrogens is 474 g/mol. The maximum absolute atomic E-state index is 13.3. The van der Waals surface area contributed by atoms with E-state index in [9.17, 15) is 13.7 Å². The van der Waals surface area contributed by atoms with E-state index in [1.165, 1.54) is 35.7 Å². The van der Waals surface area contributed by atoms with E-state index in [0.29, 0.717) is 32.1 Å². The molecule has 0 spiro atoms. The van der Waals surface area contributed by atoms with Crippen molar-refractivity contribution < 1.29 is 8.42 Å². The Kier molecular flexibility index (Phi) is 5.82. The van der Waals surface area contributed by atoms with Gasteiger partial charge in [-0.05, 0) is 37.1 Å². The molecule has 1 saturated heterocycles. The molecule has 6 rings (SSSR count). The van der Waals surface area contributed by atoms with Crippen LogP contribution in [0.5, 0.6) is 0 Å². The molecule has 10 heteroatoms. The zero-order valence-electron chi connectivity index (χ0n) is 19.9. The van der Waals surface area contributed by atoms with Gasteiger partial charge in [-0.1, -0.05) is 43.5 Å². The summed E-state index contributed by atoms with van der Waals surface area (Å²) in [5.41, 5.74) is 1.81. The minimum absolute atomic E-state index is 0.0607. The third-order valence-corrected chi connectivity index (χ3v) is 9.33. The molecule has 2 aliphatic rings. The molecule has 0 unspecified atom stereocenters. The van der Waals surface area contributed by atoms with E-state index in [1.807, 2.05) is 30.3 Å². The van der Waals surface area contributed by atoms with Gasteiger partial charge in [0, 0.05) is 37.5 Å². The molecule has 0 bridgehead atoms. The van der Waals surface area contributed by atoms with Gasteiger partial charge >= 0.3 is 0 Å². The summed E-state index contributed by atoms with van der Waals surface area (Å²) in [7, 11) is -3.77. The van der Waals surface area contributed by atoms with Crippen LogP contribution in [0.3, 0.4) is 0 Å². The van der Waals surface area contributed by atoms with Crippen LogP contribution < -0.4 is 4.90 Å². The van der Waals surface area contributed by atoms with Crippen LogP contribution in [0.25, 0.3) is 16.6 Å². The lowest BCUT2D eigenvalue weighted by molar-refractivity contribution is 0.381. The quantitative estimate of drug-likeness (QED) is 0.419. The fraction of sp³-hybridized carbons (Fsp3) is 0.385. The van der Waals surface area contributed by atoms with Crippen LogP contribution in [-0.4, -0.2) is 58.5 Å². The molecule has 0 amide bonds. The second-order valence-corrected chi connectivity index (χ2v) is 11.4. The third-order valence-electron chi connectivity index (χ3n) is 7.37. The predicted octanol–water partition coefficient (Wildman–Crippen LogP) is 3.71. The second-order valence-electron chi connectivity index (χ2n) is 9.48. The number of hydrogen-bond donors (Lipinski definition) is 0. The summed E-state index contributed by atoms with van der Waals surface area (Å²) in [6.07, 6.45) is 5.83. The van der Waals surface area contributed by atoms with E-state index in [-0.39, 0.29) is 10.5 Å². The Morgan fingerprint density at radius 1 is 0.889 bits per heavy atom. The van der Waals surface area contributed by atoms with Gasteiger partial charge in [0.25, 0.3) is 0 Å². The van der Waals surface area contributed by atoms with Crippen LogP contribution in [-0.2, 0) is 10.0 Å². The van der Waals surface area contributed by atoms with Crippen molar-refractivity contribution in [1.29, 1.82) is 5.26 Å². The number of anilines is 1. The van der Waals surface area contributed by atoms with Crippen LogP contribution in [0, 0.1) is 11.3 Å². The number of rotatable bonds is 4. The van der Waals surface area contributed by atoms with Gasteiger partial charge in [0.05, 0.1) is 16.0 Å². The van der Waals surface area contributed by atoms with Crippen molar-refractivity contribution in [2.24, 2.45) is 0 Å². The number of nitriles is 1. The van der Waals surface area contributed by atoms with Crippen molar-refractivity contribution >= 4 is 32.5 Å². The first kappa shape index (κ1) is 22.9. The van der Waals surface area contributed by atoms with Gasteiger partial charge in [-0.15, -0.1) is 10.2 Å². The number of para-hydroxylation sites is 1. The molecule has 184 valence electrons. The van der Waals surface area contributed by atoms with Crippen LogP contribution in [0.2, 0.25) is 0 Å². The molecule has 9 nitrogen and oxygen atoms in total. The van der Waals surface area contributed by atoms with Crippen molar-refractivity contribution in [2.45, 2.75) is 42.9 Å². The highest BCUT2D eigenvalue weighted by Gasteiger charge is 2.32. The SMILES string of the molecule is N#Cc1ccccc1S(=O)(=O)N1CCN(c2nc3ccccc3c3nnc(C4CCCCC4)n23)CC1. The maximum Gasteiger partial charge on any atom is 0.244 e. The fourth-order valence-corrected chi connectivity index (χ4v) is 7.04. The van der Waals surface area contributed by atoms with Gasteiger partial charge in [-0.25, -0.2) is 17.8 Å². The lowest BCUT2D eigenvalue weighted by atomic mass is 9.89. The Labute approximate surface area is 210 Å². The first-order valence-electron chi connectivity index (χ1n) is 12.5. The van der Waals surface area contributed by atoms with E-state index in [2.05, 4.69) is 19.5 Å². The molecular formula is C26H27N7O2S. The molecule has 1 aliphatic carbocycles. The van der Waals surface area contributed by atoms with Crippen molar-refractivity contribution in [3.05, 3.63) is 59.9 Å². The van der Waals surface area contributed by atoms with Crippen LogP contribution >= 0.6 is 0 Å². The minimum Gasteiger partial charge on any atom is -0.339 e. The van der Waals surface area contributed by atoms with Crippen LogP contribution in [0.4, 0.5) is 5.95 Å². The molecule has 0 N–H and O–H groups in total. The first-order chi connectivity index (χ1) is 17.6. The van der Waals surface area contributed by atoms with Gasteiger partial charge in [-0.3, -0.25) is 0 Å². The average molecular weight is 502 g/mol. The number of hydrogen-bond acceptors (Lipinski definition) is 7. The van der Waals surface area contributed by atoms with Gasteiger partial charge in [-0.2, -0.15) is 9.57 Å². The van der Waals surface area contributed by atoms with Crippen molar-refractivity contribution in [1.82, 2.24) is 23.9 Å². The maximum atomic E-state index is 13.3. The Balaban J connectivity index is 1.36. The minimum atomic E-state index is -3.77. The number of benzene rings is 2. The molecule has 0 atom stereocenters. The highest BCUT2D eigenvalue weighted by molar-refractivity contribution is 7.89. The second kappa shape index (κ2) is 9.15.